The molecule has 3 N–H and O–H groups in total. The van der Waals surface area contributed by atoms with Crippen molar-refractivity contribution in [3.05, 3.63) is 0 Å². The normalized spacial score (nSPS) is 18.1. The van der Waals surface area contributed by atoms with Crippen molar-refractivity contribution in [1.29, 1.82) is 0 Å². The fourth-order valence-electron chi connectivity index (χ4n) is 3.79. The van der Waals surface area contributed by atoms with Crippen LogP contribution >= 0.6 is 0 Å². The van der Waals surface area contributed by atoms with Gasteiger partial charge in [0.2, 0.25) is 4.75 Å². The van der Waals surface area contributed by atoms with Crippen LogP contribution < -0.4 is 29.6 Å². The number of aliphatic carboxylic acids is 2. The summed E-state index contributed by atoms with van der Waals surface area (Å²) in [7, 11) is -5.18. The maximum Gasteiger partial charge on any atom is 1.00 e. The van der Waals surface area contributed by atoms with Gasteiger partial charge in [-0.2, -0.15) is 8.42 Å². The molecule has 0 rings (SSSR count). The van der Waals surface area contributed by atoms with Crippen molar-refractivity contribution in [2.75, 3.05) is 0 Å². The van der Waals surface area contributed by atoms with E-state index in [-0.39, 0.29) is 49.2 Å². The zero-order valence-electron chi connectivity index (χ0n) is 17.2. The summed E-state index contributed by atoms with van der Waals surface area (Å²) in [6.07, 6.45) is 0.486. The summed E-state index contributed by atoms with van der Waals surface area (Å²) in [6.45, 7) is 10.1. The van der Waals surface area contributed by atoms with Crippen molar-refractivity contribution in [2.24, 2.45) is 29.6 Å². The monoisotopic (exact) mass is 390 g/mol. The zero-order valence-corrected chi connectivity index (χ0v) is 19.0. The summed E-state index contributed by atoms with van der Waals surface area (Å²) in [4.78, 5) is 23.9. The first-order chi connectivity index (χ1) is 10.7. The van der Waals surface area contributed by atoms with Crippen LogP contribution in [0.15, 0.2) is 0 Å². The second-order valence-electron chi connectivity index (χ2n) is 7.53. The van der Waals surface area contributed by atoms with Crippen molar-refractivity contribution in [1.82, 2.24) is 0 Å². The first-order valence-corrected chi connectivity index (χ1v) is 9.56. The molecule has 0 aromatic carbocycles. The molecule has 0 fully saturated rings. The number of carboxylic acids is 2. The van der Waals surface area contributed by atoms with Crippen molar-refractivity contribution >= 4 is 22.1 Å². The number of hydrogen-bond acceptors (Lipinski definition) is 4. The first kappa shape index (κ1) is 27.1. The molecule has 144 valence electrons. The second kappa shape index (κ2) is 10.3. The molecule has 0 aliphatic rings. The third-order valence-corrected chi connectivity index (χ3v) is 6.14. The number of hydrogen-bond donors (Lipinski definition) is 3. The van der Waals surface area contributed by atoms with Crippen molar-refractivity contribution in [3.8, 4) is 0 Å². The summed E-state index contributed by atoms with van der Waals surface area (Å²) in [5.74, 6) is -6.91. The van der Waals surface area contributed by atoms with Crippen molar-refractivity contribution < 1.29 is 63.8 Å². The van der Waals surface area contributed by atoms with Gasteiger partial charge >= 0.3 is 41.5 Å². The van der Waals surface area contributed by atoms with E-state index >= 15 is 0 Å². The van der Waals surface area contributed by atoms with E-state index in [1.165, 1.54) is 13.8 Å². The summed E-state index contributed by atoms with van der Waals surface area (Å²) >= 11 is 0. The Balaban J connectivity index is -0.00000264. The van der Waals surface area contributed by atoms with E-state index in [9.17, 15) is 32.8 Å². The fraction of sp³-hybridized carbons (Fsp3) is 0.875. The molecule has 4 unspecified atom stereocenters. The molecule has 25 heavy (non-hydrogen) atoms. The Morgan fingerprint density at radius 2 is 1.36 bits per heavy atom. The minimum Gasteiger partial charge on any atom is -1.00 e. The van der Waals surface area contributed by atoms with E-state index in [1.54, 1.807) is 13.8 Å². The Morgan fingerprint density at radius 3 is 1.60 bits per heavy atom. The Morgan fingerprint density at radius 1 is 0.960 bits per heavy atom. The molecule has 9 heteroatoms. The van der Waals surface area contributed by atoms with Crippen LogP contribution in [-0.2, 0) is 19.7 Å². The minimum atomic E-state index is -5.18. The van der Waals surface area contributed by atoms with E-state index in [0.717, 1.165) is 0 Å². The zero-order chi connectivity index (χ0) is 19.5. The Labute approximate surface area is 174 Å². The standard InChI is InChI=1S/C16H30O7S.Na.H/c1-9(2)7-11(5)13(14(17)18)16(15(19)20,24(21,22)23)12(6)8-10(3)4;;/h9-13H,7-8H2,1-6H3,(H,17,18)(H,19,20)(H,21,22,23);;/q;+1;-1. The molecule has 0 aliphatic heterocycles. The van der Waals surface area contributed by atoms with Crippen LogP contribution in [0.4, 0.5) is 0 Å². The van der Waals surface area contributed by atoms with Gasteiger partial charge in [0.15, 0.2) is 0 Å². The largest absolute Gasteiger partial charge is 1.00 e. The van der Waals surface area contributed by atoms with Crippen molar-refractivity contribution in [2.45, 2.75) is 59.1 Å². The predicted octanol–water partition coefficient (Wildman–Crippen LogP) is -0.121. The van der Waals surface area contributed by atoms with Crippen LogP contribution in [0.2, 0.25) is 0 Å². The average Bonchev–Trinajstić information content (AvgIpc) is 2.30. The maximum absolute atomic E-state index is 12.2. The molecule has 0 aliphatic carbocycles. The van der Waals surface area contributed by atoms with Crippen LogP contribution in [0.5, 0.6) is 0 Å². The Hall–Kier alpha value is -0.150. The summed E-state index contributed by atoms with van der Waals surface area (Å²) in [6, 6.07) is 0. The van der Waals surface area contributed by atoms with Crippen LogP contribution in [0.1, 0.15) is 55.8 Å². The van der Waals surface area contributed by atoms with Gasteiger partial charge in [-0.3, -0.25) is 14.1 Å². The molecule has 0 spiro atoms. The van der Waals surface area contributed by atoms with E-state index in [1.807, 2.05) is 13.8 Å². The van der Waals surface area contributed by atoms with E-state index in [2.05, 4.69) is 0 Å². The minimum absolute atomic E-state index is 0. The van der Waals surface area contributed by atoms with Gasteiger partial charge < -0.3 is 11.6 Å². The van der Waals surface area contributed by atoms with E-state index in [4.69, 9.17) is 0 Å². The summed E-state index contributed by atoms with van der Waals surface area (Å²) in [5, 5.41) is 19.4. The summed E-state index contributed by atoms with van der Waals surface area (Å²) in [5.41, 5.74) is 0. The number of rotatable bonds is 10. The van der Waals surface area contributed by atoms with Gasteiger partial charge in [-0.05, 0) is 36.5 Å². The molecule has 0 amide bonds. The molecule has 0 aromatic rings. The average molecular weight is 390 g/mol. The number of carboxylic acid groups (broad SMARTS) is 2. The van der Waals surface area contributed by atoms with Crippen LogP contribution in [0, 0.1) is 29.6 Å². The molecule has 0 aromatic heterocycles. The van der Waals surface area contributed by atoms with Gasteiger partial charge in [0.05, 0.1) is 5.92 Å². The molecule has 0 bridgehead atoms. The van der Waals surface area contributed by atoms with Gasteiger partial charge in [-0.25, -0.2) is 0 Å². The molecular formula is C16H31NaO7S. The molecule has 0 radical (unpaired) electrons. The third-order valence-electron chi connectivity index (χ3n) is 4.46. The van der Waals surface area contributed by atoms with E-state index in [0.29, 0.717) is 6.42 Å². The van der Waals surface area contributed by atoms with Gasteiger partial charge in [-0.1, -0.05) is 41.5 Å². The molecule has 7 nitrogen and oxygen atoms in total. The van der Waals surface area contributed by atoms with Gasteiger partial charge in [-0.15, -0.1) is 0 Å². The Bertz CT molecular complexity index is 565. The van der Waals surface area contributed by atoms with Crippen LogP contribution in [0.3, 0.4) is 0 Å². The van der Waals surface area contributed by atoms with Crippen molar-refractivity contribution in [3.63, 3.8) is 0 Å². The molecule has 0 saturated carbocycles. The SMILES string of the molecule is CC(C)CC(C)C(C(=O)O)C(C(=O)O)(C(C)CC(C)C)S(=O)(=O)O.[H-].[Na+]. The second-order valence-corrected chi connectivity index (χ2v) is 9.15. The molecule has 4 atom stereocenters. The quantitative estimate of drug-likeness (QED) is 0.350. The Kier molecular flexibility index (Phi) is 11.1. The third kappa shape index (κ3) is 6.20. The summed E-state index contributed by atoms with van der Waals surface area (Å²) < 4.78 is 31.4. The van der Waals surface area contributed by atoms with Gasteiger partial charge in [0.1, 0.15) is 0 Å². The van der Waals surface area contributed by atoms with E-state index < -0.39 is 44.6 Å². The topological polar surface area (TPSA) is 129 Å². The molecular weight excluding hydrogens is 359 g/mol. The van der Waals surface area contributed by atoms with Crippen LogP contribution in [0.25, 0.3) is 0 Å². The first-order valence-electron chi connectivity index (χ1n) is 8.12. The predicted molar refractivity (Wildman–Crippen MR) is 91.4 cm³/mol. The molecule has 0 heterocycles. The smallest absolute Gasteiger partial charge is 1.00 e. The van der Waals surface area contributed by atoms with Crippen LogP contribution in [-0.4, -0.2) is 39.9 Å². The van der Waals surface area contributed by atoms with Gasteiger partial charge in [0.25, 0.3) is 10.1 Å². The number of carbonyl (C=O) groups is 2. The van der Waals surface area contributed by atoms with Gasteiger partial charge in [0, 0.05) is 0 Å². The fourth-order valence-corrected chi connectivity index (χ4v) is 5.27. The maximum atomic E-state index is 12.2. The molecule has 0 saturated heterocycles.